The van der Waals surface area contributed by atoms with E-state index in [2.05, 4.69) is 64.1 Å². The molecule has 0 heteroatoms. The molecule has 1 aromatic carbocycles. The lowest BCUT2D eigenvalue weighted by Crippen LogP contribution is -1.88. The maximum absolute atomic E-state index is 2.38. The Hall–Kier alpha value is -1.30. The fourth-order valence-corrected chi connectivity index (χ4v) is 2.21. The average Bonchev–Trinajstić information content (AvgIpc) is 2.29. The Balaban J connectivity index is 2.45. The van der Waals surface area contributed by atoms with Crippen molar-refractivity contribution in [3.8, 4) is 0 Å². The van der Waals surface area contributed by atoms with Gasteiger partial charge in [-0.2, -0.15) is 0 Å². The predicted octanol–water partition coefficient (Wildman–Crippen LogP) is 5.62. The van der Waals surface area contributed by atoms with E-state index in [9.17, 15) is 0 Å². The third-order valence-corrected chi connectivity index (χ3v) is 3.15. The molecule has 0 saturated heterocycles. The van der Waals surface area contributed by atoms with Crippen molar-refractivity contribution in [2.45, 2.75) is 53.4 Å². The highest BCUT2D eigenvalue weighted by molar-refractivity contribution is 5.26. The molecular weight excluding hydrogens is 216 g/mol. The number of hydrogen-bond donors (Lipinski definition) is 0. The zero-order chi connectivity index (χ0) is 13.4. The van der Waals surface area contributed by atoms with Crippen LogP contribution in [0.25, 0.3) is 0 Å². The summed E-state index contributed by atoms with van der Waals surface area (Å²) in [5, 5.41) is 0. The summed E-state index contributed by atoms with van der Waals surface area (Å²) in [5.74, 6) is 0. The lowest BCUT2D eigenvalue weighted by Gasteiger charge is -2.04. The smallest absolute Gasteiger partial charge is 0.00698 e. The summed E-state index contributed by atoms with van der Waals surface area (Å²) in [4.78, 5) is 0. The minimum absolute atomic E-state index is 1.08. The first-order valence-electron chi connectivity index (χ1n) is 6.98. The summed E-state index contributed by atoms with van der Waals surface area (Å²) in [6.07, 6.45) is 9.30. The molecule has 1 rings (SSSR count). The molecule has 98 valence electrons. The van der Waals surface area contributed by atoms with E-state index < -0.39 is 0 Å². The maximum Gasteiger partial charge on any atom is -0.00698 e. The van der Waals surface area contributed by atoms with Crippen LogP contribution < -0.4 is 0 Å². The van der Waals surface area contributed by atoms with Crippen LogP contribution in [0.5, 0.6) is 0 Å². The molecule has 0 aliphatic heterocycles. The van der Waals surface area contributed by atoms with E-state index >= 15 is 0 Å². The highest BCUT2D eigenvalue weighted by Crippen LogP contribution is 2.12. The number of allylic oxidation sites excluding steroid dienone is 4. The Morgan fingerprint density at radius 2 is 1.89 bits per heavy atom. The van der Waals surface area contributed by atoms with E-state index in [1.165, 1.54) is 35.1 Å². The van der Waals surface area contributed by atoms with E-state index in [-0.39, 0.29) is 0 Å². The van der Waals surface area contributed by atoms with Gasteiger partial charge in [-0.1, -0.05) is 60.1 Å². The minimum atomic E-state index is 1.08. The summed E-state index contributed by atoms with van der Waals surface area (Å²) in [5.41, 5.74) is 5.76. The van der Waals surface area contributed by atoms with Gasteiger partial charge in [-0.25, -0.2) is 0 Å². The molecule has 0 N–H and O–H groups in total. The maximum atomic E-state index is 2.38. The van der Waals surface area contributed by atoms with Gasteiger partial charge in [-0.05, 0) is 52.0 Å². The average molecular weight is 242 g/mol. The predicted molar refractivity (Wildman–Crippen MR) is 81.9 cm³/mol. The van der Waals surface area contributed by atoms with E-state index in [1.54, 1.807) is 0 Å². The Bertz CT molecular complexity index is 421. The Morgan fingerprint density at radius 3 is 2.56 bits per heavy atom. The van der Waals surface area contributed by atoms with Gasteiger partial charge in [0.2, 0.25) is 0 Å². The first kappa shape index (κ1) is 14.8. The minimum Gasteiger partial charge on any atom is -0.0859 e. The Morgan fingerprint density at radius 1 is 1.11 bits per heavy atom. The molecule has 0 aliphatic rings. The number of aryl methyl sites for hydroxylation is 1. The van der Waals surface area contributed by atoms with Crippen molar-refractivity contribution in [2.24, 2.45) is 0 Å². The van der Waals surface area contributed by atoms with Crippen LogP contribution in [0.3, 0.4) is 0 Å². The summed E-state index contributed by atoms with van der Waals surface area (Å²) in [6, 6.07) is 8.79. The molecule has 1 aromatic rings. The molecule has 0 aromatic heterocycles. The third-order valence-electron chi connectivity index (χ3n) is 3.15. The lowest BCUT2D eigenvalue weighted by atomic mass is 10.0. The van der Waals surface area contributed by atoms with E-state index in [1.807, 2.05) is 0 Å². The molecule has 18 heavy (non-hydrogen) atoms. The molecule has 0 aliphatic carbocycles. The van der Waals surface area contributed by atoms with Crippen molar-refractivity contribution < 1.29 is 0 Å². The molecule has 0 nitrogen and oxygen atoms in total. The highest BCUT2D eigenvalue weighted by atomic mass is 14.0. The van der Waals surface area contributed by atoms with Gasteiger partial charge in [0.25, 0.3) is 0 Å². The number of rotatable bonds is 6. The van der Waals surface area contributed by atoms with Gasteiger partial charge in [-0.15, -0.1) is 0 Å². The molecule has 0 fully saturated rings. The first-order chi connectivity index (χ1) is 8.61. The van der Waals surface area contributed by atoms with Crippen molar-refractivity contribution in [2.75, 3.05) is 0 Å². The molecule has 0 amide bonds. The summed E-state index contributed by atoms with van der Waals surface area (Å²) in [6.45, 7) is 8.82. The zero-order valence-electron chi connectivity index (χ0n) is 12.3. The summed E-state index contributed by atoms with van der Waals surface area (Å²) in [7, 11) is 0. The van der Waals surface area contributed by atoms with Gasteiger partial charge in [-0.3, -0.25) is 0 Å². The second-order valence-corrected chi connectivity index (χ2v) is 5.21. The van der Waals surface area contributed by atoms with Crippen molar-refractivity contribution in [1.29, 1.82) is 0 Å². The van der Waals surface area contributed by atoms with Crippen LogP contribution in [0.1, 0.15) is 51.2 Å². The molecule has 0 bridgehead atoms. The molecule has 0 heterocycles. The Kier molecular flexibility index (Phi) is 6.49. The van der Waals surface area contributed by atoms with Crippen LogP contribution in [0.4, 0.5) is 0 Å². The normalized spacial score (nSPS) is 12.9. The molecule has 0 radical (unpaired) electrons. The van der Waals surface area contributed by atoms with E-state index in [0.29, 0.717) is 0 Å². The largest absolute Gasteiger partial charge is 0.0859 e. The highest BCUT2D eigenvalue weighted by Gasteiger charge is 1.95. The summed E-state index contributed by atoms with van der Waals surface area (Å²) >= 11 is 0. The fraction of sp³-hybridized carbons (Fsp3) is 0.444. The lowest BCUT2D eigenvalue weighted by molar-refractivity contribution is 0.943. The van der Waals surface area contributed by atoms with E-state index in [4.69, 9.17) is 0 Å². The van der Waals surface area contributed by atoms with Gasteiger partial charge in [0.05, 0.1) is 0 Å². The Labute approximate surface area is 112 Å². The quantitative estimate of drug-likeness (QED) is 0.568. The van der Waals surface area contributed by atoms with E-state index in [0.717, 1.165) is 12.8 Å². The van der Waals surface area contributed by atoms with Gasteiger partial charge >= 0.3 is 0 Å². The molecule has 0 unspecified atom stereocenters. The number of benzene rings is 1. The second kappa shape index (κ2) is 7.92. The van der Waals surface area contributed by atoms with Gasteiger partial charge in [0.15, 0.2) is 0 Å². The van der Waals surface area contributed by atoms with Gasteiger partial charge < -0.3 is 0 Å². The molecule has 0 atom stereocenters. The molecular formula is C18H26. The van der Waals surface area contributed by atoms with Crippen LogP contribution in [0.15, 0.2) is 47.6 Å². The third kappa shape index (κ3) is 5.86. The van der Waals surface area contributed by atoms with Crippen LogP contribution >= 0.6 is 0 Å². The van der Waals surface area contributed by atoms with Crippen molar-refractivity contribution in [1.82, 2.24) is 0 Å². The number of hydrogen-bond acceptors (Lipinski definition) is 0. The zero-order valence-corrected chi connectivity index (χ0v) is 12.3. The topological polar surface area (TPSA) is 0 Å². The van der Waals surface area contributed by atoms with Crippen LogP contribution in [0, 0.1) is 6.92 Å². The standard InChI is InChI=1S/C18H26/c1-5-8-15(2)9-6-10-16(3)13-18-12-7-11-17(4)14-18/h7-8,10-12,14H,5-6,9,13H2,1-4H3/b15-8+,16-10+. The van der Waals surface area contributed by atoms with Crippen molar-refractivity contribution in [3.63, 3.8) is 0 Å². The van der Waals surface area contributed by atoms with Crippen molar-refractivity contribution in [3.05, 3.63) is 58.7 Å². The van der Waals surface area contributed by atoms with Gasteiger partial charge in [0, 0.05) is 0 Å². The second-order valence-electron chi connectivity index (χ2n) is 5.21. The summed E-state index contributed by atoms with van der Waals surface area (Å²) < 4.78 is 0. The molecule has 0 saturated carbocycles. The SMILES string of the molecule is CC/C=C(\C)CC/C=C(\C)Cc1cccc(C)c1. The molecule has 0 spiro atoms. The first-order valence-corrected chi connectivity index (χ1v) is 6.98. The van der Waals surface area contributed by atoms with Crippen LogP contribution in [-0.2, 0) is 6.42 Å². The van der Waals surface area contributed by atoms with Gasteiger partial charge in [0.1, 0.15) is 0 Å². The monoisotopic (exact) mass is 242 g/mol. The van der Waals surface area contributed by atoms with Crippen molar-refractivity contribution >= 4 is 0 Å². The van der Waals surface area contributed by atoms with Crippen LogP contribution in [0.2, 0.25) is 0 Å². The fourth-order valence-electron chi connectivity index (χ4n) is 2.21. The van der Waals surface area contributed by atoms with Crippen LogP contribution in [-0.4, -0.2) is 0 Å².